The maximum atomic E-state index is 5.85. The van der Waals surface area contributed by atoms with Crippen LogP contribution >= 0.6 is 23.8 Å². The van der Waals surface area contributed by atoms with Crippen molar-refractivity contribution in [2.45, 2.75) is 38.6 Å². The van der Waals surface area contributed by atoms with Gasteiger partial charge >= 0.3 is 0 Å². The molecule has 1 aromatic rings. The standard InChI is InChI=1S/C14H19ClN2S/c1-10-4-2-3-5-13(10)17-14(18)16-12-8-6-11(15)7-9-12/h6-10,13H,2-5H2,1H3,(H2,16,17,18)/t10-,13+/m1/s1. The van der Waals surface area contributed by atoms with E-state index < -0.39 is 0 Å². The summed E-state index contributed by atoms with van der Waals surface area (Å²) in [4.78, 5) is 0. The first kappa shape index (κ1) is 13.6. The van der Waals surface area contributed by atoms with Crippen LogP contribution in [0.5, 0.6) is 0 Å². The Bertz CT molecular complexity index is 405. The summed E-state index contributed by atoms with van der Waals surface area (Å²) in [5.74, 6) is 0.698. The lowest BCUT2D eigenvalue weighted by Gasteiger charge is -2.30. The van der Waals surface area contributed by atoms with E-state index in [1.54, 1.807) is 0 Å². The van der Waals surface area contributed by atoms with E-state index in [1.165, 1.54) is 25.7 Å². The lowest BCUT2D eigenvalue weighted by molar-refractivity contribution is 0.309. The highest BCUT2D eigenvalue weighted by molar-refractivity contribution is 7.80. The Balaban J connectivity index is 1.86. The fourth-order valence-electron chi connectivity index (χ4n) is 2.40. The summed E-state index contributed by atoms with van der Waals surface area (Å²) >= 11 is 11.2. The second-order valence-electron chi connectivity index (χ2n) is 4.97. The number of hydrogen-bond acceptors (Lipinski definition) is 1. The van der Waals surface area contributed by atoms with Gasteiger partial charge in [-0.25, -0.2) is 0 Å². The highest BCUT2D eigenvalue weighted by atomic mass is 35.5. The molecular weight excluding hydrogens is 264 g/mol. The van der Waals surface area contributed by atoms with Crippen LogP contribution in [0, 0.1) is 5.92 Å². The van der Waals surface area contributed by atoms with Crippen LogP contribution in [0.4, 0.5) is 5.69 Å². The van der Waals surface area contributed by atoms with Crippen LogP contribution in [0.2, 0.25) is 5.02 Å². The van der Waals surface area contributed by atoms with Gasteiger partial charge in [-0.2, -0.15) is 0 Å². The maximum Gasteiger partial charge on any atom is 0.171 e. The van der Waals surface area contributed by atoms with Gasteiger partial charge in [0.05, 0.1) is 0 Å². The average molecular weight is 283 g/mol. The van der Waals surface area contributed by atoms with Gasteiger partial charge in [0.2, 0.25) is 0 Å². The zero-order valence-corrected chi connectivity index (χ0v) is 12.2. The highest BCUT2D eigenvalue weighted by Gasteiger charge is 2.21. The van der Waals surface area contributed by atoms with E-state index in [0.29, 0.717) is 17.1 Å². The van der Waals surface area contributed by atoms with Crippen LogP contribution in [0.3, 0.4) is 0 Å². The van der Waals surface area contributed by atoms with Crippen molar-refractivity contribution in [3.63, 3.8) is 0 Å². The zero-order chi connectivity index (χ0) is 13.0. The molecule has 0 unspecified atom stereocenters. The van der Waals surface area contributed by atoms with Gasteiger partial charge < -0.3 is 10.6 Å². The Morgan fingerprint density at radius 2 is 1.89 bits per heavy atom. The molecule has 2 atom stereocenters. The summed E-state index contributed by atoms with van der Waals surface area (Å²) in [7, 11) is 0. The second kappa shape index (κ2) is 6.39. The second-order valence-corrected chi connectivity index (χ2v) is 5.82. The summed E-state index contributed by atoms with van der Waals surface area (Å²) < 4.78 is 0. The molecule has 2 rings (SSSR count). The Kier molecular flexibility index (Phi) is 4.84. The minimum absolute atomic E-state index is 0.506. The van der Waals surface area contributed by atoms with Crippen molar-refractivity contribution < 1.29 is 0 Å². The van der Waals surface area contributed by atoms with Gasteiger partial charge in [0.15, 0.2) is 5.11 Å². The van der Waals surface area contributed by atoms with E-state index in [2.05, 4.69) is 17.6 Å². The zero-order valence-electron chi connectivity index (χ0n) is 10.6. The molecule has 0 aliphatic heterocycles. The summed E-state index contributed by atoms with van der Waals surface area (Å²) in [6.07, 6.45) is 5.15. The Labute approximate surface area is 119 Å². The smallest absolute Gasteiger partial charge is 0.171 e. The molecule has 0 saturated heterocycles. The molecule has 2 nitrogen and oxygen atoms in total. The van der Waals surface area contributed by atoms with E-state index in [9.17, 15) is 0 Å². The fourth-order valence-corrected chi connectivity index (χ4v) is 2.79. The van der Waals surface area contributed by atoms with Crippen molar-refractivity contribution in [3.05, 3.63) is 29.3 Å². The number of benzene rings is 1. The van der Waals surface area contributed by atoms with Gasteiger partial charge in [0, 0.05) is 16.8 Å². The summed E-state index contributed by atoms with van der Waals surface area (Å²) in [6, 6.07) is 8.08. The number of nitrogens with one attached hydrogen (secondary N) is 2. The molecule has 4 heteroatoms. The maximum absolute atomic E-state index is 5.85. The minimum atomic E-state index is 0.506. The third kappa shape index (κ3) is 3.85. The topological polar surface area (TPSA) is 24.1 Å². The van der Waals surface area contributed by atoms with Crippen molar-refractivity contribution in [3.8, 4) is 0 Å². The Hall–Kier alpha value is -0.800. The molecule has 98 valence electrons. The number of halogens is 1. The summed E-state index contributed by atoms with van der Waals surface area (Å²) in [5.41, 5.74) is 0.973. The Morgan fingerprint density at radius 3 is 2.56 bits per heavy atom. The molecular formula is C14H19ClN2S. The minimum Gasteiger partial charge on any atom is -0.359 e. The molecule has 0 heterocycles. The SMILES string of the molecule is C[C@@H]1CCCC[C@@H]1NC(=S)Nc1ccc(Cl)cc1. The first-order valence-electron chi connectivity index (χ1n) is 6.48. The number of anilines is 1. The van der Waals surface area contributed by atoms with Gasteiger partial charge in [-0.15, -0.1) is 0 Å². The van der Waals surface area contributed by atoms with Gasteiger partial charge in [0.1, 0.15) is 0 Å². The lowest BCUT2D eigenvalue weighted by Crippen LogP contribution is -2.43. The molecule has 1 aromatic carbocycles. The molecule has 1 aliphatic carbocycles. The third-order valence-corrected chi connectivity index (χ3v) is 4.00. The monoisotopic (exact) mass is 282 g/mol. The van der Waals surface area contributed by atoms with Crippen molar-refractivity contribution in [1.82, 2.24) is 5.32 Å². The molecule has 1 fully saturated rings. The first-order valence-corrected chi connectivity index (χ1v) is 7.27. The summed E-state index contributed by atoms with van der Waals surface area (Å²) in [6.45, 7) is 2.29. The van der Waals surface area contributed by atoms with Crippen molar-refractivity contribution >= 4 is 34.6 Å². The first-order chi connectivity index (χ1) is 8.65. The molecule has 0 radical (unpaired) electrons. The fraction of sp³-hybridized carbons (Fsp3) is 0.500. The van der Waals surface area contributed by atoms with E-state index in [4.69, 9.17) is 23.8 Å². The number of thiocarbonyl (C=S) groups is 1. The largest absolute Gasteiger partial charge is 0.359 e. The predicted molar refractivity (Wildman–Crippen MR) is 82.2 cm³/mol. The predicted octanol–water partition coefficient (Wildman–Crippen LogP) is 4.21. The Morgan fingerprint density at radius 1 is 1.22 bits per heavy atom. The van der Waals surface area contributed by atoms with Gasteiger partial charge in [-0.05, 0) is 55.2 Å². The van der Waals surface area contributed by atoms with Crippen molar-refractivity contribution in [2.75, 3.05) is 5.32 Å². The number of hydrogen-bond donors (Lipinski definition) is 2. The van der Waals surface area contributed by atoms with Gasteiger partial charge in [0.25, 0.3) is 0 Å². The van der Waals surface area contributed by atoms with Crippen LogP contribution < -0.4 is 10.6 Å². The molecule has 0 spiro atoms. The number of rotatable bonds is 2. The molecule has 0 amide bonds. The van der Waals surface area contributed by atoms with E-state index in [1.807, 2.05) is 24.3 Å². The van der Waals surface area contributed by atoms with Crippen LogP contribution in [-0.4, -0.2) is 11.2 Å². The van der Waals surface area contributed by atoms with Gasteiger partial charge in [-0.3, -0.25) is 0 Å². The third-order valence-electron chi connectivity index (χ3n) is 3.53. The van der Waals surface area contributed by atoms with E-state index in [0.717, 1.165) is 10.7 Å². The van der Waals surface area contributed by atoms with Crippen LogP contribution in [0.25, 0.3) is 0 Å². The quantitative estimate of drug-likeness (QED) is 0.795. The molecule has 0 aromatic heterocycles. The normalized spacial score (nSPS) is 23.4. The van der Waals surface area contributed by atoms with Crippen LogP contribution in [0.15, 0.2) is 24.3 Å². The van der Waals surface area contributed by atoms with E-state index >= 15 is 0 Å². The lowest BCUT2D eigenvalue weighted by atomic mass is 9.86. The molecule has 0 bridgehead atoms. The molecule has 1 saturated carbocycles. The molecule has 18 heavy (non-hydrogen) atoms. The van der Waals surface area contributed by atoms with Crippen molar-refractivity contribution in [1.29, 1.82) is 0 Å². The highest BCUT2D eigenvalue weighted by Crippen LogP contribution is 2.23. The van der Waals surface area contributed by atoms with Crippen LogP contribution in [0.1, 0.15) is 32.6 Å². The van der Waals surface area contributed by atoms with E-state index in [-0.39, 0.29) is 0 Å². The van der Waals surface area contributed by atoms with Crippen molar-refractivity contribution in [2.24, 2.45) is 5.92 Å². The molecule has 1 aliphatic rings. The summed E-state index contributed by atoms with van der Waals surface area (Å²) in [5, 5.41) is 8.06. The van der Waals surface area contributed by atoms with Gasteiger partial charge in [-0.1, -0.05) is 31.4 Å². The average Bonchev–Trinajstić information content (AvgIpc) is 2.35. The molecule has 2 N–H and O–H groups in total. The van der Waals surface area contributed by atoms with Crippen LogP contribution in [-0.2, 0) is 0 Å².